The van der Waals surface area contributed by atoms with Crippen molar-refractivity contribution in [2.24, 2.45) is 34.5 Å². The van der Waals surface area contributed by atoms with Crippen LogP contribution in [0.1, 0.15) is 65.7 Å². The summed E-state index contributed by atoms with van der Waals surface area (Å²) >= 11 is 0. The minimum Gasteiger partial charge on any atom is -0.490 e. The van der Waals surface area contributed by atoms with Crippen molar-refractivity contribution in [2.45, 2.75) is 77.9 Å². The van der Waals surface area contributed by atoms with Gasteiger partial charge in [-0.15, -0.1) is 0 Å². The number of aromatic nitrogens is 1. The molecule has 34 heavy (non-hydrogen) atoms. The van der Waals surface area contributed by atoms with Gasteiger partial charge in [0.2, 0.25) is 5.91 Å². The van der Waals surface area contributed by atoms with Crippen LogP contribution in [0.4, 0.5) is 0 Å². The predicted molar refractivity (Wildman–Crippen MR) is 131 cm³/mol. The lowest BCUT2D eigenvalue weighted by Gasteiger charge is -2.63. The van der Waals surface area contributed by atoms with E-state index in [1.807, 2.05) is 0 Å². The summed E-state index contributed by atoms with van der Waals surface area (Å²) in [5.74, 6) is 4.89. The van der Waals surface area contributed by atoms with Crippen molar-refractivity contribution >= 4 is 5.91 Å². The molecule has 0 N–H and O–H groups in total. The number of hydrogen-bond acceptors (Lipinski definition) is 4. The number of ether oxygens (including phenoxy) is 1. The fourth-order valence-corrected chi connectivity index (χ4v) is 8.80. The number of nitrogens with zero attached hydrogens (tertiary/aromatic N) is 2. The van der Waals surface area contributed by atoms with E-state index in [-0.39, 0.29) is 11.5 Å². The summed E-state index contributed by atoms with van der Waals surface area (Å²) in [6.07, 6.45) is 11.3. The molecule has 1 unspecified atom stereocenters. The largest absolute Gasteiger partial charge is 0.490 e. The van der Waals surface area contributed by atoms with E-state index < -0.39 is 0 Å². The number of likely N-dealkylation sites (tertiary alicyclic amines) is 1. The van der Waals surface area contributed by atoms with Crippen molar-refractivity contribution in [2.75, 3.05) is 7.05 Å². The third-order valence-corrected chi connectivity index (χ3v) is 10.5. The van der Waals surface area contributed by atoms with Gasteiger partial charge in [0.25, 0.3) is 0 Å². The summed E-state index contributed by atoms with van der Waals surface area (Å²) in [5, 5.41) is 0. The van der Waals surface area contributed by atoms with Gasteiger partial charge in [-0.25, -0.2) is 4.98 Å². The van der Waals surface area contributed by atoms with Crippen molar-refractivity contribution in [1.29, 1.82) is 0 Å². The molecular weight excluding hydrogens is 424 g/mol. The second kappa shape index (κ2) is 7.86. The molecule has 0 bridgehead atoms. The minimum absolute atomic E-state index is 0.261. The Labute approximate surface area is 203 Å². The third kappa shape index (κ3) is 3.33. The molecule has 1 amide bonds. The number of oxazole rings is 1. The van der Waals surface area contributed by atoms with Crippen LogP contribution in [0.3, 0.4) is 0 Å². The highest BCUT2D eigenvalue weighted by Gasteiger charge is 2.62. The normalized spacial score (nSPS) is 41.5. The van der Waals surface area contributed by atoms with Crippen LogP contribution in [-0.4, -0.2) is 35.0 Å². The summed E-state index contributed by atoms with van der Waals surface area (Å²) < 4.78 is 12.0. The van der Waals surface area contributed by atoms with E-state index in [1.165, 1.54) is 19.2 Å². The lowest BCUT2D eigenvalue weighted by molar-refractivity contribution is -0.164. The number of rotatable bonds is 3. The maximum absolute atomic E-state index is 12.5. The summed E-state index contributed by atoms with van der Waals surface area (Å²) in [4.78, 5) is 18.6. The van der Waals surface area contributed by atoms with Crippen LogP contribution in [0.25, 0.3) is 11.3 Å². The summed E-state index contributed by atoms with van der Waals surface area (Å²) in [5.41, 5.74) is 1.64. The Hall–Kier alpha value is -2.30. The molecule has 4 fully saturated rings. The molecule has 0 spiro atoms. The van der Waals surface area contributed by atoms with E-state index in [1.54, 1.807) is 6.20 Å². The fraction of sp³-hybridized carbons (Fsp3) is 0.655. The Morgan fingerprint density at radius 2 is 1.91 bits per heavy atom. The first-order chi connectivity index (χ1) is 16.3. The molecule has 1 aromatic carbocycles. The van der Waals surface area contributed by atoms with E-state index in [0.717, 1.165) is 61.0 Å². The maximum Gasteiger partial charge on any atom is 0.222 e. The number of piperidine rings is 1. The highest BCUT2D eigenvalue weighted by molar-refractivity contribution is 5.77. The second-order valence-corrected chi connectivity index (χ2v) is 12.3. The number of amides is 1. The first kappa shape index (κ1) is 22.2. The first-order valence-corrected chi connectivity index (χ1v) is 13.2. The summed E-state index contributed by atoms with van der Waals surface area (Å²) in [6, 6.07) is 8.65. The van der Waals surface area contributed by atoms with Crippen LogP contribution in [0.2, 0.25) is 0 Å². The van der Waals surface area contributed by atoms with Gasteiger partial charge in [-0.1, -0.05) is 20.8 Å². The van der Waals surface area contributed by atoms with Gasteiger partial charge in [-0.2, -0.15) is 0 Å². The molecule has 4 aliphatic rings. The van der Waals surface area contributed by atoms with Crippen LogP contribution in [-0.2, 0) is 4.79 Å². The number of hydrogen-bond donors (Lipinski definition) is 0. The van der Waals surface area contributed by atoms with Gasteiger partial charge in [0, 0.05) is 25.1 Å². The number of carbonyl (C=O) groups excluding carboxylic acids is 1. The standard InChI is InChI=1S/C29H38N2O3/c1-18-13-25-29(3,12-10-26(32)31(25)4)22-9-11-28(2)15-21(14-23(28)27(18)22)34-20-7-5-19(6-8-20)24-16-30-17-33-24/h5-8,16-18,21-23,25,27H,9-15H2,1-4H3/t18-,21-,22-,23-,25+,27?,28+,29+/m0/s1. The molecule has 2 aromatic rings. The SMILES string of the molecule is C[C@H]1C[C@H]2N(C)C(=O)CC[C@]2(C)[C@H]2CC[C@]3(C)C[C@@H](Oc4ccc(-c5cnco5)cc4)C[C@H]3C12. The van der Waals surface area contributed by atoms with Gasteiger partial charge in [-0.05, 0) is 97.3 Å². The molecule has 1 saturated heterocycles. The maximum atomic E-state index is 12.5. The van der Waals surface area contributed by atoms with Crippen molar-refractivity contribution in [3.05, 3.63) is 36.9 Å². The van der Waals surface area contributed by atoms with Crippen LogP contribution in [0.15, 0.2) is 41.3 Å². The van der Waals surface area contributed by atoms with Crippen LogP contribution >= 0.6 is 0 Å². The topological polar surface area (TPSA) is 55.6 Å². The smallest absolute Gasteiger partial charge is 0.222 e. The van der Waals surface area contributed by atoms with Crippen LogP contribution in [0, 0.1) is 34.5 Å². The van der Waals surface area contributed by atoms with E-state index in [4.69, 9.17) is 9.15 Å². The zero-order valence-electron chi connectivity index (χ0n) is 21.0. The highest BCUT2D eigenvalue weighted by atomic mass is 16.5. The van der Waals surface area contributed by atoms with E-state index in [9.17, 15) is 4.79 Å². The molecule has 8 atom stereocenters. The molecule has 6 rings (SSSR count). The molecule has 0 radical (unpaired) electrons. The van der Waals surface area contributed by atoms with Gasteiger partial charge in [-0.3, -0.25) is 4.79 Å². The molecule has 5 nitrogen and oxygen atoms in total. The Balaban J connectivity index is 1.21. The second-order valence-electron chi connectivity index (χ2n) is 12.3. The zero-order chi connectivity index (χ0) is 23.7. The van der Waals surface area contributed by atoms with Crippen molar-refractivity contribution in [1.82, 2.24) is 9.88 Å². The number of fused-ring (bicyclic) bond motifs is 5. The van der Waals surface area contributed by atoms with Gasteiger partial charge in [0.05, 0.1) is 12.3 Å². The lowest BCUT2D eigenvalue weighted by atomic mass is 9.45. The Morgan fingerprint density at radius 3 is 2.65 bits per heavy atom. The molecule has 1 aliphatic heterocycles. The Kier molecular flexibility index (Phi) is 5.13. The summed E-state index contributed by atoms with van der Waals surface area (Å²) in [7, 11) is 2.05. The monoisotopic (exact) mass is 462 g/mol. The van der Waals surface area contributed by atoms with E-state index >= 15 is 0 Å². The van der Waals surface area contributed by atoms with Crippen LogP contribution in [0.5, 0.6) is 5.75 Å². The van der Waals surface area contributed by atoms with Crippen molar-refractivity contribution < 1.29 is 13.9 Å². The molecule has 5 heteroatoms. The average Bonchev–Trinajstić information content (AvgIpc) is 3.46. The fourth-order valence-electron chi connectivity index (χ4n) is 8.80. The molecule has 3 aliphatic carbocycles. The Morgan fingerprint density at radius 1 is 1.12 bits per heavy atom. The molecule has 3 saturated carbocycles. The van der Waals surface area contributed by atoms with Crippen molar-refractivity contribution in [3.63, 3.8) is 0 Å². The van der Waals surface area contributed by atoms with Gasteiger partial charge < -0.3 is 14.1 Å². The van der Waals surface area contributed by atoms with Gasteiger partial charge in [0.15, 0.2) is 12.2 Å². The minimum atomic E-state index is 0.261. The molecular formula is C29H38N2O3. The predicted octanol–water partition coefficient (Wildman–Crippen LogP) is 6.20. The highest BCUT2D eigenvalue weighted by Crippen LogP contribution is 2.66. The Bertz CT molecular complexity index is 1050. The van der Waals surface area contributed by atoms with E-state index in [0.29, 0.717) is 29.2 Å². The van der Waals surface area contributed by atoms with Crippen LogP contribution < -0.4 is 4.74 Å². The third-order valence-electron chi connectivity index (χ3n) is 10.5. The number of benzene rings is 1. The lowest BCUT2D eigenvalue weighted by Crippen LogP contribution is -2.62. The van der Waals surface area contributed by atoms with Crippen molar-refractivity contribution in [3.8, 4) is 17.1 Å². The first-order valence-electron chi connectivity index (χ1n) is 13.2. The van der Waals surface area contributed by atoms with E-state index in [2.05, 4.69) is 62.0 Å². The van der Waals surface area contributed by atoms with Gasteiger partial charge in [0.1, 0.15) is 5.75 Å². The average molecular weight is 463 g/mol. The van der Waals surface area contributed by atoms with Gasteiger partial charge >= 0.3 is 0 Å². The number of carbonyl (C=O) groups is 1. The quantitative estimate of drug-likeness (QED) is 0.545. The summed E-state index contributed by atoms with van der Waals surface area (Å²) in [6.45, 7) is 7.50. The molecule has 2 heterocycles. The molecule has 1 aromatic heterocycles. The molecule has 182 valence electrons. The zero-order valence-corrected chi connectivity index (χ0v) is 21.0.